The van der Waals surface area contributed by atoms with Gasteiger partial charge in [-0.15, -0.1) is 0 Å². The van der Waals surface area contributed by atoms with E-state index in [1.54, 1.807) is 41.3 Å². The predicted molar refractivity (Wildman–Crippen MR) is 127 cm³/mol. The minimum atomic E-state index is 0.0552. The molecule has 162 valence electrons. The zero-order valence-corrected chi connectivity index (χ0v) is 18.2. The second kappa shape index (κ2) is 8.55. The minimum Gasteiger partial charge on any atom is -0.506 e. The van der Waals surface area contributed by atoms with Gasteiger partial charge in [0, 0.05) is 6.07 Å². The van der Waals surface area contributed by atoms with Crippen molar-refractivity contribution in [1.82, 2.24) is 0 Å². The molecule has 5 nitrogen and oxygen atoms in total. The van der Waals surface area contributed by atoms with E-state index in [-0.39, 0.29) is 17.2 Å². The minimum absolute atomic E-state index is 0.0552. The van der Waals surface area contributed by atoms with E-state index in [0.717, 1.165) is 16.7 Å². The van der Waals surface area contributed by atoms with Crippen LogP contribution in [-0.2, 0) is 0 Å². The summed E-state index contributed by atoms with van der Waals surface area (Å²) in [5.41, 5.74) is 4.49. The number of rotatable bonds is 5. The second-order valence-electron chi connectivity index (χ2n) is 7.89. The van der Waals surface area contributed by atoms with Crippen LogP contribution in [0, 0.1) is 20.8 Å². The lowest BCUT2D eigenvalue weighted by Gasteiger charge is -2.27. The first-order valence-electron chi connectivity index (χ1n) is 10.3. The first kappa shape index (κ1) is 21.1. The highest BCUT2D eigenvalue weighted by Gasteiger charge is 2.20. The summed E-state index contributed by atoms with van der Waals surface area (Å²) in [6, 6.07) is 23.2. The first-order valence-corrected chi connectivity index (χ1v) is 10.3. The topological polar surface area (TPSA) is 73.2 Å². The Kier molecular flexibility index (Phi) is 5.65. The molecule has 0 aliphatic rings. The van der Waals surface area contributed by atoms with Crippen LogP contribution in [0.5, 0.6) is 28.7 Å². The number of hydrogen-bond donors (Lipinski definition) is 3. The Balaban J connectivity index is 1.82. The Morgan fingerprint density at radius 2 is 1.12 bits per heavy atom. The molecule has 5 heteroatoms. The van der Waals surface area contributed by atoms with Crippen molar-refractivity contribution in [2.45, 2.75) is 20.8 Å². The summed E-state index contributed by atoms with van der Waals surface area (Å²) in [7, 11) is 0. The Morgan fingerprint density at radius 3 is 1.66 bits per heavy atom. The lowest BCUT2D eigenvalue weighted by atomic mass is 10.1. The smallest absolute Gasteiger partial charge is 0.169 e. The van der Waals surface area contributed by atoms with E-state index in [0.29, 0.717) is 28.6 Å². The van der Waals surface area contributed by atoms with Gasteiger partial charge in [-0.25, -0.2) is 0 Å². The molecule has 3 N–H and O–H groups in total. The number of benzene rings is 4. The second-order valence-corrected chi connectivity index (χ2v) is 7.89. The first-order chi connectivity index (χ1) is 15.3. The third kappa shape index (κ3) is 4.32. The number of hydrogen-bond acceptors (Lipinski definition) is 5. The summed E-state index contributed by atoms with van der Waals surface area (Å²) in [4.78, 5) is 1.77. The summed E-state index contributed by atoms with van der Waals surface area (Å²) < 4.78 is 5.92. The zero-order valence-electron chi connectivity index (χ0n) is 18.2. The van der Waals surface area contributed by atoms with Gasteiger partial charge >= 0.3 is 0 Å². The molecule has 0 aromatic heterocycles. The predicted octanol–water partition coefficient (Wildman–Crippen LogP) is 6.99. The van der Waals surface area contributed by atoms with Crippen molar-refractivity contribution < 1.29 is 20.1 Å². The molecular formula is C27H25NO4. The van der Waals surface area contributed by atoms with Crippen LogP contribution in [0.25, 0.3) is 0 Å². The van der Waals surface area contributed by atoms with Crippen LogP contribution in [0.4, 0.5) is 17.1 Å². The molecule has 32 heavy (non-hydrogen) atoms. The van der Waals surface area contributed by atoms with Gasteiger partial charge in [-0.2, -0.15) is 0 Å². The van der Waals surface area contributed by atoms with E-state index >= 15 is 0 Å². The Labute approximate surface area is 187 Å². The zero-order chi connectivity index (χ0) is 22.8. The summed E-state index contributed by atoms with van der Waals surface area (Å²) in [5.74, 6) is 1.08. The SMILES string of the molecule is Cc1ccc(Oc2cccc(N(c3ccc(C)cc3O)c3ccc(C)cc3O)c2)c(O)c1. The van der Waals surface area contributed by atoms with Crippen molar-refractivity contribution in [2.24, 2.45) is 0 Å². The highest BCUT2D eigenvalue weighted by Crippen LogP contribution is 2.45. The van der Waals surface area contributed by atoms with Crippen molar-refractivity contribution in [3.63, 3.8) is 0 Å². The maximum absolute atomic E-state index is 10.7. The van der Waals surface area contributed by atoms with Gasteiger partial charge < -0.3 is 25.0 Å². The fourth-order valence-corrected chi connectivity index (χ4v) is 3.58. The molecule has 0 saturated carbocycles. The van der Waals surface area contributed by atoms with Gasteiger partial charge in [0.2, 0.25) is 0 Å². The van der Waals surface area contributed by atoms with Gasteiger partial charge in [0.15, 0.2) is 11.5 Å². The monoisotopic (exact) mass is 427 g/mol. The molecule has 0 heterocycles. The highest BCUT2D eigenvalue weighted by atomic mass is 16.5. The summed E-state index contributed by atoms with van der Waals surface area (Å²) in [5, 5.41) is 31.6. The van der Waals surface area contributed by atoms with Crippen LogP contribution >= 0.6 is 0 Å². The molecule has 0 amide bonds. The molecule has 0 spiro atoms. The van der Waals surface area contributed by atoms with Gasteiger partial charge in [-0.3, -0.25) is 0 Å². The molecule has 0 atom stereocenters. The van der Waals surface area contributed by atoms with E-state index in [1.807, 2.05) is 63.2 Å². The van der Waals surface area contributed by atoms with E-state index in [9.17, 15) is 15.3 Å². The van der Waals surface area contributed by atoms with Crippen LogP contribution in [-0.4, -0.2) is 15.3 Å². The van der Waals surface area contributed by atoms with Crippen molar-refractivity contribution in [2.75, 3.05) is 4.90 Å². The molecular weight excluding hydrogens is 402 g/mol. The molecule has 0 fully saturated rings. The number of anilines is 3. The molecule has 4 aromatic carbocycles. The standard InChI is InChI=1S/C27H25NO4/c1-17-7-10-22(24(29)13-17)28(23-11-8-18(2)14-25(23)30)20-5-4-6-21(16-20)32-27-12-9-19(3)15-26(27)31/h4-16,29-31H,1-3H3. The highest BCUT2D eigenvalue weighted by molar-refractivity contribution is 5.83. The average molecular weight is 428 g/mol. The van der Waals surface area contributed by atoms with E-state index in [4.69, 9.17) is 4.74 Å². The van der Waals surface area contributed by atoms with Crippen molar-refractivity contribution >= 4 is 17.1 Å². The van der Waals surface area contributed by atoms with Crippen molar-refractivity contribution in [3.05, 3.63) is 95.6 Å². The third-order valence-electron chi connectivity index (χ3n) is 5.16. The molecule has 0 unspecified atom stereocenters. The number of phenolic OH excluding ortho intramolecular Hbond substituents is 3. The van der Waals surface area contributed by atoms with Gasteiger partial charge in [0.05, 0.1) is 17.1 Å². The Morgan fingerprint density at radius 1 is 0.594 bits per heavy atom. The Bertz CT molecular complexity index is 1230. The van der Waals surface area contributed by atoms with Crippen molar-refractivity contribution in [3.8, 4) is 28.7 Å². The number of ether oxygens (including phenoxy) is 1. The molecule has 4 rings (SSSR count). The molecule has 0 saturated heterocycles. The summed E-state index contributed by atoms with van der Waals surface area (Å²) >= 11 is 0. The van der Waals surface area contributed by atoms with Crippen molar-refractivity contribution in [1.29, 1.82) is 0 Å². The van der Waals surface area contributed by atoms with Crippen LogP contribution < -0.4 is 9.64 Å². The molecule has 4 aromatic rings. The van der Waals surface area contributed by atoms with Crippen LogP contribution in [0.3, 0.4) is 0 Å². The summed E-state index contributed by atoms with van der Waals surface area (Å²) in [6.45, 7) is 5.70. The van der Waals surface area contributed by atoms with Gasteiger partial charge in [0.1, 0.15) is 17.2 Å². The third-order valence-corrected chi connectivity index (χ3v) is 5.16. The van der Waals surface area contributed by atoms with Gasteiger partial charge in [-0.1, -0.05) is 24.3 Å². The normalized spacial score (nSPS) is 10.7. The number of aryl methyl sites for hydroxylation is 3. The van der Waals surface area contributed by atoms with Crippen LogP contribution in [0.1, 0.15) is 16.7 Å². The fraction of sp³-hybridized carbons (Fsp3) is 0.111. The quantitative estimate of drug-likeness (QED) is 0.320. The molecule has 0 radical (unpaired) electrons. The Hall–Kier alpha value is -4.12. The molecule has 0 aliphatic carbocycles. The summed E-state index contributed by atoms with van der Waals surface area (Å²) in [6.07, 6.45) is 0. The molecule has 0 bridgehead atoms. The average Bonchev–Trinajstić information content (AvgIpc) is 2.73. The maximum atomic E-state index is 10.7. The lowest BCUT2D eigenvalue weighted by Crippen LogP contribution is -2.10. The van der Waals surface area contributed by atoms with E-state index in [1.165, 1.54) is 0 Å². The number of nitrogens with zero attached hydrogens (tertiary/aromatic N) is 1. The largest absolute Gasteiger partial charge is 0.506 e. The van der Waals surface area contributed by atoms with Gasteiger partial charge in [0.25, 0.3) is 0 Å². The van der Waals surface area contributed by atoms with Gasteiger partial charge in [-0.05, 0) is 86.0 Å². The number of aromatic hydroxyl groups is 3. The van der Waals surface area contributed by atoms with Crippen LogP contribution in [0.2, 0.25) is 0 Å². The maximum Gasteiger partial charge on any atom is 0.169 e. The van der Waals surface area contributed by atoms with Crippen LogP contribution in [0.15, 0.2) is 78.9 Å². The lowest BCUT2D eigenvalue weighted by molar-refractivity contribution is 0.411. The number of phenols is 3. The fourth-order valence-electron chi connectivity index (χ4n) is 3.58. The molecule has 0 aliphatic heterocycles. The van der Waals surface area contributed by atoms with E-state index in [2.05, 4.69) is 0 Å². The van der Waals surface area contributed by atoms with E-state index < -0.39 is 0 Å².